The molecule has 2 aliphatic heterocycles. The Morgan fingerprint density at radius 2 is 1.03 bits per heavy atom. The summed E-state index contributed by atoms with van der Waals surface area (Å²) in [5.41, 5.74) is 6.68. The molecule has 28 heteroatoms. The molecule has 0 saturated carbocycles. The van der Waals surface area contributed by atoms with E-state index in [-0.39, 0.29) is 73.8 Å². The number of nitrogens with two attached hydrogens (primary N) is 1. The number of nitrogens with zero attached hydrogens (tertiary/aromatic N) is 3. The van der Waals surface area contributed by atoms with Gasteiger partial charge in [0.15, 0.2) is 5.78 Å². The predicted octanol–water partition coefficient (Wildman–Crippen LogP) is -1.65. The fraction of sp³-hybridized carbons (Fsp3) is 0.617. The molecule has 2 fully saturated rings. The molecule has 15 N–H and O–H groups in total. The van der Waals surface area contributed by atoms with Crippen molar-refractivity contribution in [3.05, 3.63) is 59.7 Å². The molecule has 0 aromatic heterocycles. The first kappa shape index (κ1) is 73.1. The molecule has 88 heavy (non-hydrogen) atoms. The zero-order valence-electron chi connectivity index (χ0n) is 51.7. The molecule has 0 radical (unpaired) electrons. The molecule has 4 rings (SSSR count). The molecule has 12 atom stereocenters. The number of aliphatic hydroxyl groups excluding tert-OH is 3. The Labute approximate surface area is 519 Å². The minimum absolute atomic E-state index is 0.0513. The monoisotopic (exact) mass is 1250 g/mol. The van der Waals surface area contributed by atoms with Crippen molar-refractivity contribution >= 4 is 77.4 Å². The van der Waals surface area contributed by atoms with Crippen molar-refractivity contribution in [2.45, 2.75) is 192 Å². The van der Waals surface area contributed by atoms with Crippen LogP contribution in [0.4, 0.5) is 0 Å². The average Bonchev–Trinajstić information content (AvgIpc) is 3.88. The summed E-state index contributed by atoms with van der Waals surface area (Å²) in [7, 11) is 0. The highest BCUT2D eigenvalue weighted by atomic mass is 32.1. The molecule has 2 aromatic rings. The Hall–Kier alpha value is -7.40. The number of aromatic hydroxyl groups is 2. The van der Waals surface area contributed by atoms with Crippen molar-refractivity contribution in [1.29, 1.82) is 0 Å². The molecule has 0 spiro atoms. The number of aliphatic hydroxyl groups is 3. The van der Waals surface area contributed by atoms with Gasteiger partial charge in [0.1, 0.15) is 59.8 Å². The van der Waals surface area contributed by atoms with Crippen LogP contribution in [0.3, 0.4) is 0 Å². The summed E-state index contributed by atoms with van der Waals surface area (Å²) < 4.78 is 0. The molecule has 2 heterocycles. The number of ketones is 1. The van der Waals surface area contributed by atoms with E-state index in [1.807, 2.05) is 13.8 Å². The van der Waals surface area contributed by atoms with Crippen LogP contribution in [0.5, 0.6) is 11.5 Å². The lowest BCUT2D eigenvalue weighted by Crippen LogP contribution is -2.62. The summed E-state index contributed by atoms with van der Waals surface area (Å²) in [6.45, 7) is 14.1. The van der Waals surface area contributed by atoms with Gasteiger partial charge >= 0.3 is 0 Å². The summed E-state index contributed by atoms with van der Waals surface area (Å²) in [5.74, 6) is -8.54. The summed E-state index contributed by atoms with van der Waals surface area (Å²) in [5, 5.41) is 73.0. The van der Waals surface area contributed by atoms with Gasteiger partial charge in [0.05, 0.1) is 36.7 Å². The molecule has 0 bridgehead atoms. The Kier molecular flexibility index (Phi) is 29.0. The van der Waals surface area contributed by atoms with Crippen molar-refractivity contribution in [3.63, 3.8) is 0 Å². The fourth-order valence-corrected chi connectivity index (χ4v) is 10.6. The molecule has 27 nitrogen and oxygen atoms in total. The van der Waals surface area contributed by atoms with Gasteiger partial charge in [0.25, 0.3) is 0 Å². The molecule has 9 amide bonds. The first-order valence-corrected chi connectivity index (χ1v) is 30.5. The van der Waals surface area contributed by atoms with Crippen LogP contribution >= 0.6 is 12.6 Å². The topological polar surface area (TPSA) is 413 Å². The van der Waals surface area contributed by atoms with Crippen molar-refractivity contribution < 1.29 is 73.5 Å². The number of rotatable bonds is 33. The second kappa shape index (κ2) is 35.0. The number of carbonyl (C=O) groups is 10. The molecule has 488 valence electrons. The SMILES string of the molecule is CC(N)=NCCC[C@H](NC(C)C)C(=O)N[C@@H](Cc1ccc(O)cc1)C(=O)NC(C(=O)N[C@@H](CO)C(=O)N[C@@H](CS)C(=O)N1CCC[C@H]1C(=O)N1CCC[C@H]1C(=O)N[C@@H](Cc1ccc(O)cc1)C(=O)NC(C(=O)N[C@H](C(=O)C(C)C)C(C)C)[C@@H](C)O)[C@@H](C)O. The van der Waals surface area contributed by atoms with E-state index in [1.165, 1.54) is 72.2 Å². The predicted molar refractivity (Wildman–Crippen MR) is 329 cm³/mol. The molecule has 0 aliphatic carbocycles. The number of benzene rings is 2. The quantitative estimate of drug-likeness (QED) is 0.0165. The van der Waals surface area contributed by atoms with Crippen LogP contribution in [-0.4, -0.2) is 211 Å². The van der Waals surface area contributed by atoms with Crippen molar-refractivity contribution in [3.8, 4) is 11.5 Å². The Morgan fingerprint density at radius 3 is 1.50 bits per heavy atom. The van der Waals surface area contributed by atoms with Crippen LogP contribution in [0.15, 0.2) is 53.5 Å². The van der Waals surface area contributed by atoms with Crippen LogP contribution in [0.2, 0.25) is 0 Å². The van der Waals surface area contributed by atoms with Crippen molar-refractivity contribution in [1.82, 2.24) is 52.3 Å². The molecule has 2 aromatic carbocycles. The van der Waals surface area contributed by atoms with E-state index < -0.39 is 138 Å². The number of thiol groups is 1. The Morgan fingerprint density at radius 1 is 0.591 bits per heavy atom. The third-order valence-corrected chi connectivity index (χ3v) is 15.5. The molecule has 2 aliphatic rings. The highest BCUT2D eigenvalue weighted by Gasteiger charge is 2.45. The largest absolute Gasteiger partial charge is 0.508 e. The summed E-state index contributed by atoms with van der Waals surface area (Å²) >= 11 is 4.31. The van der Waals surface area contributed by atoms with Crippen LogP contribution in [-0.2, 0) is 60.8 Å². The molecular formula is C60H92N12O15S. The van der Waals surface area contributed by atoms with Gasteiger partial charge in [-0.25, -0.2) is 0 Å². The summed E-state index contributed by atoms with van der Waals surface area (Å²) in [6.07, 6.45) is -1.54. The van der Waals surface area contributed by atoms with Gasteiger partial charge in [-0.05, 0) is 101 Å². The van der Waals surface area contributed by atoms with Crippen LogP contribution < -0.4 is 48.3 Å². The smallest absolute Gasteiger partial charge is 0.246 e. The normalized spacial score (nSPS) is 18.6. The van der Waals surface area contributed by atoms with E-state index >= 15 is 0 Å². The summed E-state index contributed by atoms with van der Waals surface area (Å²) in [6, 6.07) is -1.76. The van der Waals surface area contributed by atoms with Gasteiger partial charge in [0, 0.05) is 50.2 Å². The maximum absolute atomic E-state index is 14.6. The van der Waals surface area contributed by atoms with E-state index in [0.29, 0.717) is 49.2 Å². The van der Waals surface area contributed by atoms with Crippen LogP contribution in [0.1, 0.15) is 112 Å². The average molecular weight is 1250 g/mol. The second-order valence-electron chi connectivity index (χ2n) is 23.5. The van der Waals surface area contributed by atoms with Gasteiger partial charge in [-0.2, -0.15) is 12.6 Å². The number of hydrogen-bond donors (Lipinski definition) is 15. The third-order valence-electron chi connectivity index (χ3n) is 15.1. The summed E-state index contributed by atoms with van der Waals surface area (Å²) in [4.78, 5) is 146. The van der Waals surface area contributed by atoms with Crippen LogP contribution in [0.25, 0.3) is 0 Å². The number of hydrogen-bond acceptors (Lipinski definition) is 18. The zero-order valence-corrected chi connectivity index (χ0v) is 52.6. The first-order valence-electron chi connectivity index (χ1n) is 29.9. The van der Waals surface area contributed by atoms with Gasteiger partial charge < -0.3 is 83.6 Å². The number of phenols is 2. The van der Waals surface area contributed by atoms with E-state index in [0.717, 1.165) is 0 Å². The van der Waals surface area contributed by atoms with E-state index in [4.69, 9.17) is 5.73 Å². The number of carbonyl (C=O) groups excluding carboxylic acids is 10. The van der Waals surface area contributed by atoms with Gasteiger partial charge in [0.2, 0.25) is 53.2 Å². The molecule has 2 saturated heterocycles. The lowest BCUT2D eigenvalue weighted by molar-refractivity contribution is -0.148. The third kappa shape index (κ3) is 21.7. The number of likely N-dealkylation sites (tertiary alicyclic amines) is 2. The minimum Gasteiger partial charge on any atom is -0.508 e. The number of Topliss-reactive ketones (excluding diaryl/α,β-unsaturated/α-hetero) is 1. The molecular weight excluding hydrogens is 1160 g/mol. The van der Waals surface area contributed by atoms with E-state index in [1.54, 1.807) is 34.6 Å². The minimum atomic E-state index is -1.77. The number of nitrogens with one attached hydrogen (secondary N) is 8. The van der Waals surface area contributed by atoms with Gasteiger partial charge in [-0.1, -0.05) is 65.8 Å². The highest BCUT2D eigenvalue weighted by molar-refractivity contribution is 7.80. The Balaban J connectivity index is 1.48. The number of phenolic OH excluding ortho intramolecular Hbond substituents is 2. The standard InChI is InChI=1S/C60H92N12O15S/c1-31(2)48(51(78)32(3)4)68-58(85)50(35(8)75)70-54(81)43(28-38-18-22-40(77)23-19-38)65-56(83)46-14-11-25-71(46)60(87)47-15-12-26-72(47)59(86)45(30-88)67-55(82)44(29-73)66-57(84)49(34(7)74)69-53(80)42(27-37-16-20-39(76)21-17-37)64-52(79)41(63-33(5)6)13-10-24-62-36(9)61/h16-23,31-35,41-50,63,73-77,88H,10-15,24-30H2,1-9H3,(H2,61,62)(H,64,79)(H,65,83)(H,66,84)(H,67,82)(H,68,85)(H,69,80)(H,70,81)/t34-,35-,41+,42+,43+,44+,45+,46+,47+,48+,49?,50?/m1/s1. The lowest BCUT2D eigenvalue weighted by Gasteiger charge is -2.33. The maximum atomic E-state index is 14.6. The Bertz CT molecular complexity index is 2750. The fourth-order valence-electron chi connectivity index (χ4n) is 10.3. The van der Waals surface area contributed by atoms with Crippen molar-refractivity contribution in [2.24, 2.45) is 22.6 Å². The van der Waals surface area contributed by atoms with Gasteiger partial charge in [-0.3, -0.25) is 52.9 Å². The van der Waals surface area contributed by atoms with E-state index in [9.17, 15) is 73.5 Å². The number of aliphatic imine (C=N–C) groups is 1. The first-order chi connectivity index (χ1) is 41.5. The molecule has 2 unspecified atom stereocenters. The zero-order chi connectivity index (χ0) is 65.7. The lowest BCUT2D eigenvalue weighted by atomic mass is 9.92. The van der Waals surface area contributed by atoms with E-state index in [2.05, 4.69) is 60.2 Å². The number of amidine groups is 1. The maximum Gasteiger partial charge on any atom is 0.246 e. The van der Waals surface area contributed by atoms with Crippen molar-refractivity contribution in [2.75, 3.05) is 32.0 Å². The van der Waals surface area contributed by atoms with Crippen LogP contribution in [0, 0.1) is 11.8 Å². The highest BCUT2D eigenvalue weighted by Crippen LogP contribution is 2.27. The second-order valence-corrected chi connectivity index (χ2v) is 23.9. The number of amides is 9. The van der Waals surface area contributed by atoms with Gasteiger partial charge in [-0.15, -0.1) is 0 Å².